The first-order chi connectivity index (χ1) is 8.74. The highest BCUT2D eigenvalue weighted by Gasteiger charge is 2.14. The molecule has 0 spiro atoms. The van der Waals surface area contributed by atoms with Gasteiger partial charge in [-0.2, -0.15) is 0 Å². The summed E-state index contributed by atoms with van der Waals surface area (Å²) in [5.74, 6) is 1.19. The lowest BCUT2D eigenvalue weighted by atomic mass is 9.97. The average molecular weight is 261 g/mol. The van der Waals surface area contributed by atoms with Crippen molar-refractivity contribution < 1.29 is 4.74 Å². The van der Waals surface area contributed by atoms with E-state index in [2.05, 4.69) is 31.2 Å². The summed E-state index contributed by atoms with van der Waals surface area (Å²) < 4.78 is 5.54. The van der Waals surface area contributed by atoms with Crippen LogP contribution in [-0.4, -0.2) is 13.2 Å². The maximum absolute atomic E-state index is 5.94. The molecule has 2 rings (SSSR count). The van der Waals surface area contributed by atoms with Crippen molar-refractivity contribution in [2.24, 2.45) is 5.73 Å². The molecule has 1 unspecified atom stereocenters. The quantitative estimate of drug-likeness (QED) is 0.893. The van der Waals surface area contributed by atoms with Crippen molar-refractivity contribution in [1.82, 2.24) is 0 Å². The summed E-state index contributed by atoms with van der Waals surface area (Å²) in [7, 11) is 0. The van der Waals surface area contributed by atoms with Gasteiger partial charge in [-0.3, -0.25) is 0 Å². The van der Waals surface area contributed by atoms with E-state index in [9.17, 15) is 0 Å². The van der Waals surface area contributed by atoms with Gasteiger partial charge in [0.25, 0.3) is 0 Å². The first-order valence-corrected chi connectivity index (χ1v) is 7.05. The number of rotatable bonds is 5. The van der Waals surface area contributed by atoms with Gasteiger partial charge in [0.05, 0.1) is 6.61 Å². The van der Waals surface area contributed by atoms with Crippen LogP contribution in [0.3, 0.4) is 0 Å². The van der Waals surface area contributed by atoms with E-state index in [1.165, 1.54) is 15.3 Å². The minimum absolute atomic E-state index is 0.268. The van der Waals surface area contributed by atoms with Crippen molar-refractivity contribution in [3.8, 4) is 5.75 Å². The molecule has 3 heteroatoms. The molecule has 2 aromatic rings. The van der Waals surface area contributed by atoms with Crippen molar-refractivity contribution in [3.63, 3.8) is 0 Å². The molecule has 0 saturated heterocycles. The minimum Gasteiger partial charge on any atom is -0.494 e. The number of hydrogen-bond donors (Lipinski definition) is 1. The van der Waals surface area contributed by atoms with Crippen molar-refractivity contribution in [1.29, 1.82) is 0 Å². The molecule has 0 bridgehead atoms. The van der Waals surface area contributed by atoms with E-state index < -0.39 is 0 Å². The second-order valence-corrected chi connectivity index (χ2v) is 5.56. The summed E-state index contributed by atoms with van der Waals surface area (Å²) in [5.41, 5.74) is 7.16. The van der Waals surface area contributed by atoms with Gasteiger partial charge in [0.2, 0.25) is 0 Å². The van der Waals surface area contributed by atoms with E-state index in [1.807, 2.05) is 30.4 Å². The number of aryl methyl sites for hydroxylation is 1. The topological polar surface area (TPSA) is 35.2 Å². The van der Waals surface area contributed by atoms with E-state index in [4.69, 9.17) is 10.5 Å². The van der Waals surface area contributed by atoms with E-state index >= 15 is 0 Å². The van der Waals surface area contributed by atoms with Crippen LogP contribution in [-0.2, 0) is 0 Å². The van der Waals surface area contributed by atoms with Crippen LogP contribution in [0.1, 0.15) is 28.2 Å². The Bertz CT molecular complexity index is 507. The van der Waals surface area contributed by atoms with Crippen LogP contribution in [0, 0.1) is 6.92 Å². The van der Waals surface area contributed by atoms with Gasteiger partial charge < -0.3 is 10.5 Å². The molecule has 0 amide bonds. The zero-order chi connectivity index (χ0) is 13.0. The highest BCUT2D eigenvalue weighted by molar-refractivity contribution is 7.12. The third kappa shape index (κ3) is 2.92. The van der Waals surface area contributed by atoms with Crippen LogP contribution >= 0.6 is 11.3 Å². The lowest BCUT2D eigenvalue weighted by Gasteiger charge is -2.14. The highest BCUT2D eigenvalue weighted by atomic mass is 32.1. The Hall–Kier alpha value is -1.32. The van der Waals surface area contributed by atoms with Crippen LogP contribution in [0.2, 0.25) is 0 Å². The zero-order valence-corrected chi connectivity index (χ0v) is 11.7. The molecule has 1 atom stereocenters. The molecular formula is C15H19NOS. The number of ether oxygens (including phenoxy) is 1. The van der Waals surface area contributed by atoms with Gasteiger partial charge in [-0.25, -0.2) is 0 Å². The van der Waals surface area contributed by atoms with Crippen molar-refractivity contribution in [2.45, 2.75) is 19.8 Å². The van der Waals surface area contributed by atoms with Crippen molar-refractivity contribution in [2.75, 3.05) is 13.2 Å². The number of thiophene rings is 1. The van der Waals surface area contributed by atoms with Crippen LogP contribution in [0.4, 0.5) is 0 Å². The van der Waals surface area contributed by atoms with Gasteiger partial charge in [-0.1, -0.05) is 12.1 Å². The number of benzene rings is 1. The largest absolute Gasteiger partial charge is 0.494 e. The zero-order valence-electron chi connectivity index (χ0n) is 10.8. The maximum Gasteiger partial charge on any atom is 0.119 e. The second-order valence-electron chi connectivity index (χ2n) is 4.24. The monoisotopic (exact) mass is 261 g/mol. The van der Waals surface area contributed by atoms with Crippen molar-refractivity contribution in [3.05, 3.63) is 51.7 Å². The smallest absolute Gasteiger partial charge is 0.119 e. The summed E-state index contributed by atoms with van der Waals surface area (Å²) in [6.07, 6.45) is 0. The predicted octanol–water partition coefficient (Wildman–Crippen LogP) is 3.55. The first-order valence-electron chi connectivity index (χ1n) is 6.23. The van der Waals surface area contributed by atoms with E-state index in [0.29, 0.717) is 13.2 Å². The lowest BCUT2D eigenvalue weighted by Crippen LogP contribution is -2.12. The fourth-order valence-corrected chi connectivity index (χ4v) is 3.06. The SMILES string of the molecule is CCOc1cccc(C(CN)c2ccc(C)s2)c1. The fraction of sp³-hybridized carbons (Fsp3) is 0.333. The molecule has 2 N–H and O–H groups in total. The average Bonchev–Trinajstić information content (AvgIpc) is 2.78. The summed E-state index contributed by atoms with van der Waals surface area (Å²) >= 11 is 1.81. The molecule has 1 aromatic carbocycles. The Kier molecular flexibility index (Phi) is 4.39. The summed E-state index contributed by atoms with van der Waals surface area (Å²) in [6.45, 7) is 5.43. The molecular weight excluding hydrogens is 242 g/mol. The molecule has 0 aliphatic carbocycles. The Morgan fingerprint density at radius 3 is 2.72 bits per heavy atom. The molecule has 96 valence electrons. The molecule has 18 heavy (non-hydrogen) atoms. The fourth-order valence-electron chi connectivity index (χ4n) is 2.04. The molecule has 0 aliphatic rings. The van der Waals surface area contributed by atoms with Gasteiger partial charge in [-0.15, -0.1) is 11.3 Å². The Morgan fingerprint density at radius 2 is 2.11 bits per heavy atom. The maximum atomic E-state index is 5.94. The van der Waals surface area contributed by atoms with Crippen molar-refractivity contribution >= 4 is 11.3 Å². The van der Waals surface area contributed by atoms with Gasteiger partial charge in [-0.05, 0) is 43.7 Å². The van der Waals surface area contributed by atoms with Crippen LogP contribution in [0.25, 0.3) is 0 Å². The minimum atomic E-state index is 0.268. The van der Waals surface area contributed by atoms with E-state index in [1.54, 1.807) is 0 Å². The molecule has 0 fully saturated rings. The van der Waals surface area contributed by atoms with Crippen LogP contribution < -0.4 is 10.5 Å². The standard InChI is InChI=1S/C15H19NOS/c1-3-17-13-6-4-5-12(9-13)14(10-16)15-8-7-11(2)18-15/h4-9,14H,3,10,16H2,1-2H3. The molecule has 1 aromatic heterocycles. The van der Waals surface area contributed by atoms with Crippen LogP contribution in [0.5, 0.6) is 5.75 Å². The summed E-state index contributed by atoms with van der Waals surface area (Å²) in [4.78, 5) is 2.65. The van der Waals surface area contributed by atoms with Gasteiger partial charge in [0.1, 0.15) is 5.75 Å². The molecule has 0 aliphatic heterocycles. The predicted molar refractivity (Wildman–Crippen MR) is 77.6 cm³/mol. The van der Waals surface area contributed by atoms with E-state index in [0.717, 1.165) is 5.75 Å². The highest BCUT2D eigenvalue weighted by Crippen LogP contribution is 2.31. The lowest BCUT2D eigenvalue weighted by molar-refractivity contribution is 0.340. The second kappa shape index (κ2) is 6.03. The third-order valence-corrected chi connectivity index (χ3v) is 4.03. The number of nitrogens with two attached hydrogens (primary N) is 1. The Balaban J connectivity index is 2.29. The number of hydrogen-bond acceptors (Lipinski definition) is 3. The van der Waals surface area contributed by atoms with Gasteiger partial charge in [0.15, 0.2) is 0 Å². The summed E-state index contributed by atoms with van der Waals surface area (Å²) in [6, 6.07) is 12.6. The normalized spacial score (nSPS) is 12.4. The third-order valence-electron chi connectivity index (χ3n) is 2.91. The molecule has 1 heterocycles. The summed E-state index contributed by atoms with van der Waals surface area (Å²) in [5, 5.41) is 0. The van der Waals surface area contributed by atoms with Gasteiger partial charge >= 0.3 is 0 Å². The Labute approximate surface area is 112 Å². The van der Waals surface area contributed by atoms with E-state index in [-0.39, 0.29) is 5.92 Å². The Morgan fingerprint density at radius 1 is 1.28 bits per heavy atom. The molecule has 2 nitrogen and oxygen atoms in total. The first kappa shape index (κ1) is 13.1. The van der Waals surface area contributed by atoms with Gasteiger partial charge in [0, 0.05) is 22.2 Å². The molecule has 0 radical (unpaired) electrons. The molecule has 0 saturated carbocycles. The van der Waals surface area contributed by atoms with Crippen LogP contribution in [0.15, 0.2) is 36.4 Å².